The Labute approximate surface area is 318 Å². The first-order valence-electron chi connectivity index (χ1n) is 18.3. The predicted octanol–water partition coefficient (Wildman–Crippen LogP) is 5.62. The molecular weight excluding hydrogens is 682 g/mol. The second kappa shape index (κ2) is 20.5. The minimum atomic E-state index is -0.924. The van der Waals surface area contributed by atoms with E-state index in [1.165, 1.54) is 7.11 Å². The predicted molar refractivity (Wildman–Crippen MR) is 211 cm³/mol. The maximum atomic E-state index is 13.4. The first kappa shape index (κ1) is 41.0. The quantitative estimate of drug-likeness (QED) is 0.122. The van der Waals surface area contributed by atoms with Crippen LogP contribution in [0.15, 0.2) is 109 Å². The van der Waals surface area contributed by atoms with Crippen LogP contribution in [0.25, 0.3) is 5.57 Å². The highest BCUT2D eigenvalue weighted by molar-refractivity contribution is 6.03. The molecule has 3 amide bonds. The molecule has 0 heterocycles. The van der Waals surface area contributed by atoms with Gasteiger partial charge in [0.05, 0.1) is 14.2 Å². The lowest BCUT2D eigenvalue weighted by molar-refractivity contribution is -0.417. The van der Waals surface area contributed by atoms with Crippen LogP contribution in [0.1, 0.15) is 62.3 Å². The van der Waals surface area contributed by atoms with Gasteiger partial charge in [0.25, 0.3) is 7.11 Å². The van der Waals surface area contributed by atoms with Crippen molar-refractivity contribution in [1.82, 2.24) is 16.0 Å². The van der Waals surface area contributed by atoms with E-state index in [0.29, 0.717) is 19.3 Å². The van der Waals surface area contributed by atoms with Gasteiger partial charge < -0.3 is 25.4 Å². The van der Waals surface area contributed by atoms with Crippen molar-refractivity contribution in [3.8, 4) is 5.75 Å². The Kier molecular flexibility index (Phi) is 15.5. The van der Waals surface area contributed by atoms with Gasteiger partial charge in [-0.2, -0.15) is 0 Å². The van der Waals surface area contributed by atoms with Crippen molar-refractivity contribution in [3.05, 3.63) is 131 Å². The molecule has 3 N–H and O–H groups in total. The van der Waals surface area contributed by atoms with Gasteiger partial charge in [-0.3, -0.25) is 18.8 Å². The zero-order chi connectivity index (χ0) is 39.0. The smallest absolute Gasteiger partial charge is 0.343 e. The van der Waals surface area contributed by atoms with Gasteiger partial charge in [-0.25, -0.2) is 4.79 Å². The van der Waals surface area contributed by atoms with Gasteiger partial charge in [-0.15, -0.1) is 0 Å². The number of esters is 1. The standard InChI is InChI=1S/C44H51N3O7/c1-29(2)27-38(43(50)47-39(44(51)54-6)28-32-11-8-7-9-12-32)46-42(49)30(3)45-40(48)14-10-13-31-15-17-33(18-16-31)41(34-19-23-36(52-4)24-20-34)35-21-25-37(53-5)26-22-35/h7-9,11-12,15-26,29-30,38-39H,10,13-14,27-28H2,1-6H3,(H2-,45,46,47,48,49,50)/p+1/t30-,38-,39-/m0/s1. The monoisotopic (exact) mass is 734 g/mol. The largest absolute Gasteiger partial charge is 0.497 e. The number of hydrogen-bond donors (Lipinski definition) is 3. The van der Waals surface area contributed by atoms with Crippen LogP contribution in [0.3, 0.4) is 0 Å². The van der Waals surface area contributed by atoms with Crippen molar-refractivity contribution < 1.29 is 33.1 Å². The fourth-order valence-electron chi connectivity index (χ4n) is 6.14. The van der Waals surface area contributed by atoms with Gasteiger partial charge in [0.2, 0.25) is 17.7 Å². The number of amides is 3. The Morgan fingerprint density at radius 1 is 0.704 bits per heavy atom. The third-order valence-corrected chi connectivity index (χ3v) is 9.06. The molecule has 0 radical (unpaired) electrons. The van der Waals surface area contributed by atoms with Gasteiger partial charge in [0.15, 0.2) is 0 Å². The molecule has 3 aromatic rings. The van der Waals surface area contributed by atoms with E-state index in [4.69, 9.17) is 13.9 Å². The van der Waals surface area contributed by atoms with Crippen LogP contribution in [0, 0.1) is 5.92 Å². The van der Waals surface area contributed by atoms with E-state index in [9.17, 15) is 19.2 Å². The Bertz CT molecular complexity index is 1840. The number of ether oxygens (including phenoxy) is 2. The number of carbonyl (C=O) groups is 4. The summed E-state index contributed by atoms with van der Waals surface area (Å²) in [5.74, 6) is -0.189. The van der Waals surface area contributed by atoms with Crippen molar-refractivity contribution in [2.45, 2.75) is 71.0 Å². The normalized spacial score (nSPS) is 13.8. The molecule has 0 aliphatic heterocycles. The number of hydrogen-bond acceptors (Lipinski definition) is 6. The molecule has 10 nitrogen and oxygen atoms in total. The zero-order valence-electron chi connectivity index (χ0n) is 32.0. The number of nitrogens with one attached hydrogen (secondary N) is 3. The van der Waals surface area contributed by atoms with E-state index in [1.807, 2.05) is 92.7 Å². The summed E-state index contributed by atoms with van der Waals surface area (Å²) in [5.41, 5.74) is 6.16. The minimum Gasteiger partial charge on any atom is -0.497 e. The third kappa shape index (κ3) is 12.1. The molecule has 0 aromatic heterocycles. The van der Waals surface area contributed by atoms with Crippen LogP contribution in [-0.4, -0.2) is 68.9 Å². The van der Waals surface area contributed by atoms with Crippen LogP contribution in [0.5, 0.6) is 5.75 Å². The molecule has 10 heteroatoms. The Hall–Kier alpha value is -5.77. The third-order valence-electron chi connectivity index (χ3n) is 9.06. The molecule has 0 unspecified atom stereocenters. The number of methoxy groups -OCH3 is 2. The number of aryl methyl sites for hydroxylation is 1. The van der Waals surface area contributed by atoms with E-state index in [0.717, 1.165) is 44.9 Å². The minimum absolute atomic E-state index is 0.0695. The van der Waals surface area contributed by atoms with E-state index in [2.05, 4.69) is 40.2 Å². The number of carbonyl (C=O) groups excluding carboxylic acids is 5. The second-order valence-electron chi connectivity index (χ2n) is 13.6. The molecule has 1 aliphatic carbocycles. The summed E-state index contributed by atoms with van der Waals surface area (Å²) in [4.78, 5) is 52.0. The first-order chi connectivity index (χ1) is 26.0. The average molecular weight is 735 g/mol. The van der Waals surface area contributed by atoms with Crippen molar-refractivity contribution in [1.29, 1.82) is 0 Å². The van der Waals surface area contributed by atoms with Crippen LogP contribution in [-0.2, 0) is 41.2 Å². The van der Waals surface area contributed by atoms with E-state index < -0.39 is 35.9 Å². The highest BCUT2D eigenvalue weighted by Crippen LogP contribution is 2.31. The van der Waals surface area contributed by atoms with Crippen molar-refractivity contribution in [2.75, 3.05) is 21.3 Å². The maximum absolute atomic E-state index is 13.4. The Balaban J connectivity index is 1.32. The Morgan fingerprint density at radius 2 is 1.31 bits per heavy atom. The number of rotatable bonds is 17. The average Bonchev–Trinajstić information content (AvgIpc) is 3.18. The molecular formula is C44H52N3O7+. The topological polar surface area (TPSA) is 134 Å². The summed E-state index contributed by atoms with van der Waals surface area (Å²) in [6.45, 7) is 5.46. The molecule has 284 valence electrons. The molecule has 1 aliphatic rings. The fourth-order valence-corrected chi connectivity index (χ4v) is 6.14. The van der Waals surface area contributed by atoms with Crippen molar-refractivity contribution in [3.63, 3.8) is 0 Å². The maximum Gasteiger partial charge on any atom is 0.343 e. The van der Waals surface area contributed by atoms with Crippen LogP contribution >= 0.6 is 0 Å². The lowest BCUT2D eigenvalue weighted by atomic mass is 9.90. The molecule has 3 atom stereocenters. The lowest BCUT2D eigenvalue weighted by Crippen LogP contribution is -2.55. The number of allylic oxidation sites excluding steroid dienone is 5. The highest BCUT2D eigenvalue weighted by Gasteiger charge is 2.29. The number of ketones is 1. The summed E-state index contributed by atoms with van der Waals surface area (Å²) in [7, 11) is 4.56. The highest BCUT2D eigenvalue weighted by atomic mass is 16.5. The molecule has 0 saturated carbocycles. The summed E-state index contributed by atoms with van der Waals surface area (Å²) in [5, 5.41) is 8.30. The van der Waals surface area contributed by atoms with Crippen LogP contribution in [0.2, 0.25) is 0 Å². The fraction of sp³-hybridized carbons (Fsp3) is 0.341. The molecule has 0 spiro atoms. The van der Waals surface area contributed by atoms with E-state index in [-0.39, 0.29) is 24.7 Å². The molecule has 0 fully saturated rings. The summed E-state index contributed by atoms with van der Waals surface area (Å²) < 4.78 is 15.7. The van der Waals surface area contributed by atoms with Crippen molar-refractivity contribution in [2.24, 2.45) is 5.92 Å². The Morgan fingerprint density at radius 3 is 1.89 bits per heavy atom. The van der Waals surface area contributed by atoms with Gasteiger partial charge in [-0.1, -0.05) is 80.6 Å². The summed E-state index contributed by atoms with van der Waals surface area (Å²) in [6.07, 6.45) is 10.0. The van der Waals surface area contributed by atoms with Gasteiger partial charge >= 0.3 is 11.8 Å². The van der Waals surface area contributed by atoms with Crippen LogP contribution < -0.4 is 20.7 Å². The van der Waals surface area contributed by atoms with Crippen molar-refractivity contribution >= 4 is 35.0 Å². The van der Waals surface area contributed by atoms with Gasteiger partial charge in [-0.05, 0) is 89.8 Å². The lowest BCUT2D eigenvalue weighted by Gasteiger charge is -2.25. The molecule has 54 heavy (non-hydrogen) atoms. The SMILES string of the molecule is COC(=O)[C@H](Cc1ccccc1)NC(=O)[C@H](CC(C)C)NC(=O)[C@H](C)NC(=O)CCCc1ccc(C(=C2C=CC(=[O+]C)C=C2)c2ccc(OC)cc2)cc1. The van der Waals surface area contributed by atoms with E-state index in [1.54, 1.807) is 21.1 Å². The second-order valence-corrected chi connectivity index (χ2v) is 13.6. The molecule has 0 bridgehead atoms. The van der Waals surface area contributed by atoms with E-state index >= 15 is 0 Å². The summed E-state index contributed by atoms with van der Waals surface area (Å²) >= 11 is 0. The van der Waals surface area contributed by atoms with Gasteiger partial charge in [0.1, 0.15) is 23.9 Å². The molecule has 4 rings (SSSR count). The number of benzene rings is 3. The molecule has 0 saturated heterocycles. The van der Waals surface area contributed by atoms with Gasteiger partial charge in [0, 0.05) is 25.0 Å². The van der Waals surface area contributed by atoms with Crippen LogP contribution in [0.4, 0.5) is 0 Å². The summed E-state index contributed by atoms with van der Waals surface area (Å²) in [6, 6.07) is 22.9. The first-order valence-corrected chi connectivity index (χ1v) is 18.3. The molecule has 3 aromatic carbocycles. The zero-order valence-corrected chi connectivity index (χ0v) is 32.0.